The number of nitrogens with zero attached hydrogens (tertiary/aromatic N) is 1. The van der Waals surface area contributed by atoms with Crippen LogP contribution in [0.25, 0.3) is 0 Å². The van der Waals surface area contributed by atoms with E-state index in [1.165, 1.54) is 6.07 Å². The summed E-state index contributed by atoms with van der Waals surface area (Å²) in [5.74, 6) is -0.281. The molecule has 0 aliphatic heterocycles. The quantitative estimate of drug-likeness (QED) is 0.911. The fourth-order valence-corrected chi connectivity index (χ4v) is 2.24. The molecule has 0 radical (unpaired) electrons. The summed E-state index contributed by atoms with van der Waals surface area (Å²) >= 11 is 3.16. The van der Waals surface area contributed by atoms with E-state index < -0.39 is 0 Å². The molecular formula is C15H12BrFN2. The van der Waals surface area contributed by atoms with Gasteiger partial charge < -0.3 is 5.32 Å². The predicted octanol–water partition coefficient (Wildman–Crippen LogP) is 4.38. The van der Waals surface area contributed by atoms with Gasteiger partial charge in [0.25, 0.3) is 0 Å². The van der Waals surface area contributed by atoms with Crippen molar-refractivity contribution in [1.82, 2.24) is 0 Å². The van der Waals surface area contributed by atoms with Crippen LogP contribution in [0.1, 0.15) is 16.7 Å². The second-order valence-corrected chi connectivity index (χ2v) is 5.07. The van der Waals surface area contributed by atoms with E-state index in [9.17, 15) is 4.39 Å². The molecule has 2 nitrogen and oxygen atoms in total. The van der Waals surface area contributed by atoms with E-state index >= 15 is 0 Å². The van der Waals surface area contributed by atoms with Gasteiger partial charge in [-0.2, -0.15) is 5.26 Å². The number of rotatable bonds is 3. The van der Waals surface area contributed by atoms with Crippen molar-refractivity contribution < 1.29 is 4.39 Å². The summed E-state index contributed by atoms with van der Waals surface area (Å²) in [5.41, 5.74) is 3.32. The molecule has 19 heavy (non-hydrogen) atoms. The second-order valence-electron chi connectivity index (χ2n) is 4.21. The number of benzene rings is 2. The number of hydrogen-bond acceptors (Lipinski definition) is 2. The van der Waals surface area contributed by atoms with Crippen LogP contribution in [0.2, 0.25) is 0 Å². The van der Waals surface area contributed by atoms with E-state index in [1.807, 2.05) is 25.1 Å². The van der Waals surface area contributed by atoms with Gasteiger partial charge in [-0.1, -0.05) is 18.2 Å². The van der Waals surface area contributed by atoms with Crippen molar-refractivity contribution in [1.29, 1.82) is 5.26 Å². The standard InChI is InChI=1S/C15H12BrFN2/c1-10-3-2-4-15(12(10)8-18)19-9-11-5-6-14(17)13(16)7-11/h2-7,19H,9H2,1H3. The van der Waals surface area contributed by atoms with Crippen LogP contribution in [0, 0.1) is 24.1 Å². The van der Waals surface area contributed by atoms with Gasteiger partial charge in [0.2, 0.25) is 0 Å². The molecule has 0 amide bonds. The molecule has 0 spiro atoms. The van der Waals surface area contributed by atoms with Crippen LogP contribution in [-0.4, -0.2) is 0 Å². The molecule has 4 heteroatoms. The maximum absolute atomic E-state index is 13.1. The first-order valence-electron chi connectivity index (χ1n) is 5.79. The smallest absolute Gasteiger partial charge is 0.137 e. The number of hydrogen-bond donors (Lipinski definition) is 1. The van der Waals surface area contributed by atoms with E-state index in [-0.39, 0.29) is 5.82 Å². The number of halogens is 2. The maximum Gasteiger partial charge on any atom is 0.137 e. The van der Waals surface area contributed by atoms with Crippen molar-refractivity contribution in [3.63, 3.8) is 0 Å². The lowest BCUT2D eigenvalue weighted by Gasteiger charge is -2.10. The van der Waals surface area contributed by atoms with Gasteiger partial charge in [-0.05, 0) is 52.2 Å². The molecular weight excluding hydrogens is 307 g/mol. The minimum atomic E-state index is -0.281. The summed E-state index contributed by atoms with van der Waals surface area (Å²) in [5, 5.41) is 12.3. The minimum Gasteiger partial charge on any atom is -0.380 e. The molecule has 0 aliphatic carbocycles. The van der Waals surface area contributed by atoms with E-state index in [4.69, 9.17) is 5.26 Å². The molecule has 2 aromatic rings. The maximum atomic E-state index is 13.1. The van der Waals surface area contributed by atoms with Crippen molar-refractivity contribution in [3.05, 3.63) is 63.4 Å². The summed E-state index contributed by atoms with van der Waals surface area (Å²) in [7, 11) is 0. The number of nitrogens with one attached hydrogen (secondary N) is 1. The average Bonchev–Trinajstić information content (AvgIpc) is 2.40. The highest BCUT2D eigenvalue weighted by atomic mass is 79.9. The van der Waals surface area contributed by atoms with E-state index in [0.29, 0.717) is 16.6 Å². The minimum absolute atomic E-state index is 0.281. The van der Waals surface area contributed by atoms with Gasteiger partial charge in [0.1, 0.15) is 11.9 Å². The largest absolute Gasteiger partial charge is 0.380 e. The predicted molar refractivity (Wildman–Crippen MR) is 77.3 cm³/mol. The van der Waals surface area contributed by atoms with Gasteiger partial charge >= 0.3 is 0 Å². The Morgan fingerprint density at radius 1 is 1.32 bits per heavy atom. The zero-order valence-electron chi connectivity index (χ0n) is 10.4. The Kier molecular flexibility index (Phi) is 4.18. The molecule has 0 fully saturated rings. The molecule has 2 rings (SSSR count). The molecule has 0 atom stereocenters. The molecule has 0 saturated heterocycles. The SMILES string of the molecule is Cc1cccc(NCc2ccc(F)c(Br)c2)c1C#N. The average molecular weight is 319 g/mol. The number of nitriles is 1. The lowest BCUT2D eigenvalue weighted by Crippen LogP contribution is -2.02. The molecule has 0 bridgehead atoms. The van der Waals surface area contributed by atoms with Crippen molar-refractivity contribution in [2.45, 2.75) is 13.5 Å². The third-order valence-corrected chi connectivity index (χ3v) is 3.46. The summed E-state index contributed by atoms with van der Waals surface area (Å²) in [6.07, 6.45) is 0. The molecule has 0 aromatic heterocycles. The third kappa shape index (κ3) is 3.12. The van der Waals surface area contributed by atoms with Gasteiger partial charge in [0.15, 0.2) is 0 Å². The lowest BCUT2D eigenvalue weighted by molar-refractivity contribution is 0.620. The Labute approximate surface area is 120 Å². The van der Waals surface area contributed by atoms with Crippen molar-refractivity contribution in [2.24, 2.45) is 0 Å². The Morgan fingerprint density at radius 3 is 2.79 bits per heavy atom. The summed E-state index contributed by atoms with van der Waals surface area (Å²) in [4.78, 5) is 0. The third-order valence-electron chi connectivity index (χ3n) is 2.85. The Balaban J connectivity index is 2.17. The van der Waals surface area contributed by atoms with Crippen LogP contribution in [0.3, 0.4) is 0 Å². The van der Waals surface area contributed by atoms with E-state index in [2.05, 4.69) is 27.3 Å². The second kappa shape index (κ2) is 5.85. The fourth-order valence-electron chi connectivity index (χ4n) is 1.81. The topological polar surface area (TPSA) is 35.8 Å². The Morgan fingerprint density at radius 2 is 2.11 bits per heavy atom. The van der Waals surface area contributed by atoms with Crippen LogP contribution in [0.15, 0.2) is 40.9 Å². The van der Waals surface area contributed by atoms with E-state index in [1.54, 1.807) is 12.1 Å². The molecule has 0 heterocycles. The fraction of sp³-hybridized carbons (Fsp3) is 0.133. The van der Waals surface area contributed by atoms with Gasteiger partial charge in [-0.3, -0.25) is 0 Å². The highest BCUT2D eigenvalue weighted by molar-refractivity contribution is 9.10. The van der Waals surface area contributed by atoms with Crippen LogP contribution < -0.4 is 5.32 Å². The van der Waals surface area contributed by atoms with Gasteiger partial charge in [0, 0.05) is 6.54 Å². The zero-order chi connectivity index (χ0) is 13.8. The highest BCUT2D eigenvalue weighted by Gasteiger charge is 2.05. The Bertz CT molecular complexity index is 647. The van der Waals surface area contributed by atoms with Crippen molar-refractivity contribution in [3.8, 4) is 6.07 Å². The molecule has 0 aliphatic rings. The van der Waals surface area contributed by atoms with Gasteiger partial charge in [0.05, 0.1) is 15.7 Å². The van der Waals surface area contributed by atoms with Crippen LogP contribution in [0.4, 0.5) is 10.1 Å². The molecule has 1 N–H and O–H groups in total. The zero-order valence-corrected chi connectivity index (χ0v) is 12.0. The van der Waals surface area contributed by atoms with Crippen LogP contribution in [0.5, 0.6) is 0 Å². The van der Waals surface area contributed by atoms with E-state index in [0.717, 1.165) is 16.8 Å². The van der Waals surface area contributed by atoms with Crippen molar-refractivity contribution in [2.75, 3.05) is 5.32 Å². The first kappa shape index (κ1) is 13.6. The lowest BCUT2D eigenvalue weighted by atomic mass is 10.1. The van der Waals surface area contributed by atoms with Crippen LogP contribution in [-0.2, 0) is 6.54 Å². The Hall–Kier alpha value is -1.86. The van der Waals surface area contributed by atoms with Crippen LogP contribution >= 0.6 is 15.9 Å². The molecule has 2 aromatic carbocycles. The summed E-state index contributed by atoms with van der Waals surface area (Å²) in [6, 6.07) is 12.7. The highest BCUT2D eigenvalue weighted by Crippen LogP contribution is 2.21. The summed E-state index contributed by atoms with van der Waals surface area (Å²) < 4.78 is 13.6. The van der Waals surface area contributed by atoms with Crippen molar-refractivity contribution >= 4 is 21.6 Å². The van der Waals surface area contributed by atoms with Gasteiger partial charge in [-0.15, -0.1) is 0 Å². The molecule has 0 unspecified atom stereocenters. The summed E-state index contributed by atoms with van der Waals surface area (Å²) in [6.45, 7) is 2.44. The number of anilines is 1. The molecule has 0 saturated carbocycles. The number of aryl methyl sites for hydroxylation is 1. The first-order valence-corrected chi connectivity index (χ1v) is 6.58. The normalized spacial score (nSPS) is 10.0. The van der Waals surface area contributed by atoms with Gasteiger partial charge in [-0.25, -0.2) is 4.39 Å². The molecule has 96 valence electrons. The first-order chi connectivity index (χ1) is 9.11. The monoisotopic (exact) mass is 318 g/mol.